The van der Waals surface area contributed by atoms with Crippen LogP contribution in [0.3, 0.4) is 0 Å². The number of rotatable bonds is 7. The van der Waals surface area contributed by atoms with Crippen molar-refractivity contribution in [1.82, 2.24) is 15.5 Å². The van der Waals surface area contributed by atoms with E-state index in [2.05, 4.69) is 15.5 Å². The zero-order chi connectivity index (χ0) is 19.9. The van der Waals surface area contributed by atoms with E-state index in [1.54, 1.807) is 31.4 Å². The Bertz CT molecular complexity index is 939. The fourth-order valence-electron chi connectivity index (χ4n) is 2.50. The van der Waals surface area contributed by atoms with Gasteiger partial charge in [-0.15, -0.1) is 10.2 Å². The third-order valence-corrected chi connectivity index (χ3v) is 4.03. The van der Waals surface area contributed by atoms with Gasteiger partial charge in [0.1, 0.15) is 5.75 Å². The summed E-state index contributed by atoms with van der Waals surface area (Å²) in [7, 11) is 1.56. The molecule has 0 aliphatic heterocycles. The monoisotopic (exact) mass is 381 g/mol. The number of carbonyl (C=O) groups is 2. The fraction of sp³-hybridized carbons (Fsp3) is 0.200. The van der Waals surface area contributed by atoms with E-state index in [0.717, 1.165) is 5.56 Å². The van der Waals surface area contributed by atoms with E-state index in [1.807, 2.05) is 24.3 Å². The largest absolute Gasteiger partial charge is 0.496 e. The summed E-state index contributed by atoms with van der Waals surface area (Å²) in [5, 5.41) is 10.1. The first-order chi connectivity index (χ1) is 13.6. The molecule has 0 saturated carbocycles. The molecule has 0 spiro atoms. The maximum atomic E-state index is 12.3. The van der Waals surface area contributed by atoms with Crippen LogP contribution < -0.4 is 10.1 Å². The van der Waals surface area contributed by atoms with Gasteiger partial charge in [-0.25, -0.2) is 4.79 Å². The van der Waals surface area contributed by atoms with Gasteiger partial charge in [0.2, 0.25) is 12.3 Å². The Morgan fingerprint density at radius 1 is 1.14 bits per heavy atom. The molecule has 0 fully saturated rings. The molecule has 8 nitrogen and oxygen atoms in total. The number of nitrogens with one attached hydrogen (secondary N) is 1. The maximum Gasteiger partial charge on any atom is 0.338 e. The van der Waals surface area contributed by atoms with Gasteiger partial charge in [-0.1, -0.05) is 18.2 Å². The standard InChI is InChI=1S/C20H19N3O5/c1-13(18(24)21-11-16-5-3-4-6-17(16)26-2)28-20(25)15-9-7-14(8-10-15)19-23-22-12-27-19/h3-10,12-13H,11H2,1-2H3,(H,21,24)/t13-/m1/s1. The van der Waals surface area contributed by atoms with Crippen molar-refractivity contribution in [2.24, 2.45) is 0 Å². The summed E-state index contributed by atoms with van der Waals surface area (Å²) in [6, 6.07) is 13.8. The van der Waals surface area contributed by atoms with Crippen molar-refractivity contribution in [2.75, 3.05) is 7.11 Å². The first kappa shape index (κ1) is 19.1. The zero-order valence-corrected chi connectivity index (χ0v) is 15.4. The molecule has 144 valence electrons. The van der Waals surface area contributed by atoms with Crippen LogP contribution in [0.5, 0.6) is 5.75 Å². The van der Waals surface area contributed by atoms with Crippen molar-refractivity contribution in [3.8, 4) is 17.2 Å². The summed E-state index contributed by atoms with van der Waals surface area (Å²) in [6.07, 6.45) is 0.279. The molecule has 1 amide bonds. The maximum absolute atomic E-state index is 12.3. The van der Waals surface area contributed by atoms with Crippen molar-refractivity contribution in [1.29, 1.82) is 0 Å². The molecule has 0 aliphatic rings. The summed E-state index contributed by atoms with van der Waals surface area (Å²) < 4.78 is 15.6. The van der Waals surface area contributed by atoms with Gasteiger partial charge in [-0.3, -0.25) is 4.79 Å². The Morgan fingerprint density at radius 3 is 2.57 bits per heavy atom. The number of esters is 1. The molecule has 0 bridgehead atoms. The fourth-order valence-corrected chi connectivity index (χ4v) is 2.50. The molecule has 0 unspecified atom stereocenters. The summed E-state index contributed by atoms with van der Waals surface area (Å²) in [4.78, 5) is 24.5. The van der Waals surface area contributed by atoms with Crippen molar-refractivity contribution in [3.05, 3.63) is 66.1 Å². The van der Waals surface area contributed by atoms with Crippen LogP contribution in [0, 0.1) is 0 Å². The highest BCUT2D eigenvalue weighted by atomic mass is 16.5. The van der Waals surface area contributed by atoms with Crippen LogP contribution in [-0.4, -0.2) is 35.3 Å². The molecule has 1 atom stereocenters. The molecule has 0 radical (unpaired) electrons. The van der Waals surface area contributed by atoms with E-state index in [-0.39, 0.29) is 6.54 Å². The number of para-hydroxylation sites is 1. The average molecular weight is 381 g/mol. The van der Waals surface area contributed by atoms with E-state index >= 15 is 0 Å². The first-order valence-electron chi connectivity index (χ1n) is 8.55. The van der Waals surface area contributed by atoms with Crippen LogP contribution in [0.15, 0.2) is 59.3 Å². The van der Waals surface area contributed by atoms with Gasteiger partial charge in [-0.2, -0.15) is 0 Å². The predicted molar refractivity (Wildman–Crippen MR) is 99.5 cm³/mol. The summed E-state index contributed by atoms with van der Waals surface area (Å²) in [5.74, 6) is 0.0246. The molecular weight excluding hydrogens is 362 g/mol. The Kier molecular flexibility index (Phi) is 6.01. The van der Waals surface area contributed by atoms with Crippen LogP contribution in [0.1, 0.15) is 22.8 Å². The molecule has 8 heteroatoms. The van der Waals surface area contributed by atoms with Crippen LogP contribution in [0.4, 0.5) is 0 Å². The van der Waals surface area contributed by atoms with Gasteiger partial charge in [-0.05, 0) is 37.3 Å². The highest BCUT2D eigenvalue weighted by molar-refractivity contribution is 5.92. The van der Waals surface area contributed by atoms with Crippen molar-refractivity contribution < 1.29 is 23.5 Å². The Hall–Kier alpha value is -3.68. The topological polar surface area (TPSA) is 104 Å². The van der Waals surface area contributed by atoms with E-state index < -0.39 is 18.0 Å². The molecule has 28 heavy (non-hydrogen) atoms. The molecule has 1 heterocycles. The van der Waals surface area contributed by atoms with Gasteiger partial charge >= 0.3 is 5.97 Å². The van der Waals surface area contributed by atoms with Crippen molar-refractivity contribution in [2.45, 2.75) is 19.6 Å². The van der Waals surface area contributed by atoms with E-state index in [0.29, 0.717) is 22.8 Å². The number of nitrogens with zero attached hydrogens (tertiary/aromatic N) is 2. The summed E-state index contributed by atoms with van der Waals surface area (Å²) >= 11 is 0. The normalized spacial score (nSPS) is 11.5. The molecule has 0 aliphatic carbocycles. The second-order valence-electron chi connectivity index (χ2n) is 5.90. The second-order valence-corrected chi connectivity index (χ2v) is 5.90. The lowest BCUT2D eigenvalue weighted by Gasteiger charge is -2.14. The number of amides is 1. The minimum Gasteiger partial charge on any atom is -0.496 e. The van der Waals surface area contributed by atoms with Gasteiger partial charge in [0, 0.05) is 17.7 Å². The van der Waals surface area contributed by atoms with Crippen molar-refractivity contribution >= 4 is 11.9 Å². The third-order valence-electron chi connectivity index (χ3n) is 4.03. The predicted octanol–water partition coefficient (Wildman–Crippen LogP) is 2.61. The van der Waals surface area contributed by atoms with E-state index in [4.69, 9.17) is 13.9 Å². The number of benzene rings is 2. The van der Waals surface area contributed by atoms with Crippen molar-refractivity contribution in [3.63, 3.8) is 0 Å². The molecule has 1 N–H and O–H groups in total. The number of aromatic nitrogens is 2. The van der Waals surface area contributed by atoms with Crippen LogP contribution in [0.2, 0.25) is 0 Å². The Labute approximate surface area is 161 Å². The number of ether oxygens (including phenoxy) is 2. The van der Waals surface area contributed by atoms with E-state index in [9.17, 15) is 9.59 Å². The first-order valence-corrected chi connectivity index (χ1v) is 8.55. The molecular formula is C20H19N3O5. The van der Waals surface area contributed by atoms with Crippen LogP contribution >= 0.6 is 0 Å². The smallest absolute Gasteiger partial charge is 0.338 e. The van der Waals surface area contributed by atoms with Crippen LogP contribution in [0.25, 0.3) is 11.5 Å². The highest BCUT2D eigenvalue weighted by Gasteiger charge is 2.19. The molecule has 0 saturated heterocycles. The number of carbonyl (C=O) groups excluding carboxylic acids is 2. The highest BCUT2D eigenvalue weighted by Crippen LogP contribution is 2.18. The Morgan fingerprint density at radius 2 is 1.89 bits per heavy atom. The van der Waals surface area contributed by atoms with Gasteiger partial charge in [0.25, 0.3) is 5.91 Å². The lowest BCUT2D eigenvalue weighted by molar-refractivity contribution is -0.129. The van der Waals surface area contributed by atoms with Gasteiger partial charge < -0.3 is 19.2 Å². The summed E-state index contributed by atoms with van der Waals surface area (Å²) in [6.45, 7) is 1.78. The minimum absolute atomic E-state index is 0.267. The SMILES string of the molecule is COc1ccccc1CNC(=O)[C@@H](C)OC(=O)c1ccc(-c2nnco2)cc1. The minimum atomic E-state index is -0.946. The quantitative estimate of drug-likeness (QED) is 0.627. The molecule has 1 aromatic heterocycles. The number of methoxy groups -OCH3 is 1. The average Bonchev–Trinajstić information content (AvgIpc) is 3.27. The third kappa shape index (κ3) is 4.53. The summed E-state index contributed by atoms with van der Waals surface area (Å²) in [5.41, 5.74) is 1.82. The second kappa shape index (κ2) is 8.81. The number of hydrogen-bond acceptors (Lipinski definition) is 7. The Balaban J connectivity index is 1.55. The lowest BCUT2D eigenvalue weighted by atomic mass is 10.1. The zero-order valence-electron chi connectivity index (χ0n) is 15.4. The van der Waals surface area contributed by atoms with Crippen LogP contribution in [-0.2, 0) is 16.1 Å². The van der Waals surface area contributed by atoms with Gasteiger partial charge in [0.05, 0.1) is 12.7 Å². The van der Waals surface area contributed by atoms with E-state index in [1.165, 1.54) is 13.3 Å². The van der Waals surface area contributed by atoms with Gasteiger partial charge in [0.15, 0.2) is 6.10 Å². The molecule has 2 aromatic carbocycles. The molecule has 3 aromatic rings. The number of hydrogen-bond donors (Lipinski definition) is 1. The molecule has 3 rings (SSSR count). The lowest BCUT2D eigenvalue weighted by Crippen LogP contribution is -2.35.